The van der Waals surface area contributed by atoms with Crippen molar-refractivity contribution >= 4 is 23.4 Å². The number of ether oxygens (including phenoxy) is 2. The van der Waals surface area contributed by atoms with Crippen molar-refractivity contribution in [2.45, 2.75) is 115 Å². The molecule has 2 saturated carbocycles. The highest BCUT2D eigenvalue weighted by Crippen LogP contribution is 2.45. The molecule has 42 heavy (non-hydrogen) atoms. The average molecular weight is 578 g/mol. The summed E-state index contributed by atoms with van der Waals surface area (Å²) in [7, 11) is 1.76. The number of hydrogen-bond donors (Lipinski definition) is 1. The number of rotatable bonds is 4. The summed E-state index contributed by atoms with van der Waals surface area (Å²) in [5.74, 6) is -0.0337. The summed E-state index contributed by atoms with van der Waals surface area (Å²) in [5.41, 5.74) is 3.33. The minimum atomic E-state index is -0.337. The van der Waals surface area contributed by atoms with Gasteiger partial charge in [-0.1, -0.05) is 51.0 Å². The van der Waals surface area contributed by atoms with Gasteiger partial charge in [-0.15, -0.1) is 0 Å². The first-order valence-corrected chi connectivity index (χ1v) is 16.1. The summed E-state index contributed by atoms with van der Waals surface area (Å²) in [4.78, 5) is 30.5. The van der Waals surface area contributed by atoms with Crippen LogP contribution in [0.25, 0.3) is 11.1 Å². The molecule has 0 radical (unpaired) electrons. The molecule has 3 fully saturated rings. The van der Waals surface area contributed by atoms with E-state index in [1.54, 1.807) is 23.8 Å². The number of aromatic nitrogens is 2. The van der Waals surface area contributed by atoms with E-state index >= 15 is 0 Å². The first kappa shape index (κ1) is 29.2. The lowest BCUT2D eigenvalue weighted by Crippen LogP contribution is -2.58. The second-order valence-electron chi connectivity index (χ2n) is 13.0. The molecule has 1 saturated heterocycles. The molecule has 4 aliphatic rings. The van der Waals surface area contributed by atoms with Crippen LogP contribution in [0.15, 0.2) is 30.6 Å². The normalized spacial score (nSPS) is 26.5. The van der Waals surface area contributed by atoms with Crippen molar-refractivity contribution in [2.24, 2.45) is 5.41 Å². The Balaban J connectivity index is 1.30. The minimum absolute atomic E-state index is 0.0261. The molecule has 1 aromatic heterocycles. The highest BCUT2D eigenvalue weighted by atomic mass is 16.6. The van der Waals surface area contributed by atoms with Crippen LogP contribution in [-0.2, 0) is 14.3 Å². The van der Waals surface area contributed by atoms with E-state index in [2.05, 4.69) is 16.6 Å². The zero-order valence-electron chi connectivity index (χ0n) is 25.5. The summed E-state index contributed by atoms with van der Waals surface area (Å²) in [6.45, 7) is 4.54. The summed E-state index contributed by atoms with van der Waals surface area (Å²) >= 11 is 0. The van der Waals surface area contributed by atoms with Crippen molar-refractivity contribution in [2.75, 3.05) is 30.0 Å². The molecule has 6 rings (SSSR count). The van der Waals surface area contributed by atoms with E-state index in [0.717, 1.165) is 48.9 Å². The number of nitrogens with zero attached hydrogens (tertiary/aromatic N) is 4. The monoisotopic (exact) mass is 577 g/mol. The number of methoxy groups -OCH3 is 1. The van der Waals surface area contributed by atoms with Crippen LogP contribution in [0, 0.1) is 5.41 Å². The quantitative estimate of drug-likeness (QED) is 0.451. The van der Waals surface area contributed by atoms with Crippen LogP contribution in [0.2, 0.25) is 0 Å². The van der Waals surface area contributed by atoms with Crippen LogP contribution in [-0.4, -0.2) is 60.4 Å². The van der Waals surface area contributed by atoms with Gasteiger partial charge in [0.15, 0.2) is 0 Å². The van der Waals surface area contributed by atoms with E-state index in [1.807, 2.05) is 36.0 Å². The lowest BCUT2D eigenvalue weighted by atomic mass is 9.68. The molecule has 228 valence electrons. The molecule has 1 spiro atoms. The Morgan fingerprint density at radius 3 is 2.38 bits per heavy atom. The van der Waals surface area contributed by atoms with Crippen LogP contribution in [0.4, 0.5) is 16.2 Å². The molecule has 3 heterocycles. The van der Waals surface area contributed by atoms with Crippen LogP contribution in [0.1, 0.15) is 96.9 Å². The standard InChI is InChI=1S/C33H47N5O4/c1-23-21-36(29-17-25(11-14-28(29)38(23)24(2)39)26-19-35-37(22-26)27-12-13-27)32(40)42-30-20-34-31(41-3)18-33(30)15-9-7-5-4-6-8-10-16-33/h11,14,17,19,22-23,27,30-31,34H,4-10,12-13,15-16,18,20-21H2,1-3H3/t23-,30?,31?/m0/s1. The van der Waals surface area contributed by atoms with Gasteiger partial charge in [-0.2, -0.15) is 5.10 Å². The van der Waals surface area contributed by atoms with E-state index in [0.29, 0.717) is 24.8 Å². The molecular formula is C33H47N5O4. The largest absolute Gasteiger partial charge is 0.444 e. The average Bonchev–Trinajstić information content (AvgIpc) is 3.72. The molecule has 9 nitrogen and oxygen atoms in total. The number of anilines is 2. The number of fused-ring (bicyclic) bond motifs is 1. The Kier molecular flexibility index (Phi) is 8.59. The fourth-order valence-electron chi connectivity index (χ4n) is 7.52. The van der Waals surface area contributed by atoms with Crippen molar-refractivity contribution in [3.63, 3.8) is 0 Å². The van der Waals surface area contributed by atoms with Crippen LogP contribution in [0.3, 0.4) is 0 Å². The molecule has 2 aliphatic heterocycles. The van der Waals surface area contributed by atoms with Gasteiger partial charge >= 0.3 is 6.09 Å². The van der Waals surface area contributed by atoms with Gasteiger partial charge in [-0.25, -0.2) is 4.79 Å². The number of piperidine rings is 1. The highest BCUT2D eigenvalue weighted by Gasteiger charge is 2.47. The zero-order chi connectivity index (χ0) is 29.3. The number of carbonyl (C=O) groups excluding carboxylic acids is 2. The molecule has 1 N–H and O–H groups in total. The summed E-state index contributed by atoms with van der Waals surface area (Å²) in [6.07, 6.45) is 17.3. The summed E-state index contributed by atoms with van der Waals surface area (Å²) < 4.78 is 14.3. The maximum atomic E-state index is 14.2. The maximum Gasteiger partial charge on any atom is 0.414 e. The Labute approximate surface area is 249 Å². The lowest BCUT2D eigenvalue weighted by molar-refractivity contribution is -0.117. The van der Waals surface area contributed by atoms with Gasteiger partial charge < -0.3 is 14.4 Å². The van der Waals surface area contributed by atoms with E-state index in [9.17, 15) is 9.59 Å². The first-order valence-electron chi connectivity index (χ1n) is 16.1. The third-order valence-electron chi connectivity index (χ3n) is 10.0. The van der Waals surface area contributed by atoms with Crippen LogP contribution < -0.4 is 15.1 Å². The van der Waals surface area contributed by atoms with E-state index in [-0.39, 0.29) is 35.8 Å². The molecule has 9 heteroatoms. The SMILES string of the molecule is COC1CC2(CCCCCCCCC2)C(OC(=O)N2C[C@H](C)N(C(C)=O)c3ccc(-c4cnn(C5CC5)c4)cc32)CN1. The van der Waals surface area contributed by atoms with Gasteiger partial charge in [0, 0.05) is 44.3 Å². The first-order chi connectivity index (χ1) is 20.4. The topological polar surface area (TPSA) is 88.9 Å². The van der Waals surface area contributed by atoms with Crippen molar-refractivity contribution in [3.05, 3.63) is 30.6 Å². The van der Waals surface area contributed by atoms with E-state index in [1.165, 1.54) is 44.9 Å². The third kappa shape index (κ3) is 5.95. The molecule has 0 bridgehead atoms. The summed E-state index contributed by atoms with van der Waals surface area (Å²) in [6, 6.07) is 6.33. The van der Waals surface area contributed by atoms with Crippen molar-refractivity contribution in [1.29, 1.82) is 0 Å². The smallest absolute Gasteiger partial charge is 0.414 e. The molecule has 2 unspecified atom stereocenters. The number of amides is 2. The number of hydrogen-bond acceptors (Lipinski definition) is 6. The number of nitrogens with one attached hydrogen (secondary N) is 1. The summed E-state index contributed by atoms with van der Waals surface area (Å²) in [5, 5.41) is 8.05. The Morgan fingerprint density at radius 2 is 1.71 bits per heavy atom. The van der Waals surface area contributed by atoms with Crippen LogP contribution in [0.5, 0.6) is 0 Å². The van der Waals surface area contributed by atoms with Crippen LogP contribution >= 0.6 is 0 Å². The second kappa shape index (κ2) is 12.4. The molecule has 2 amide bonds. The van der Waals surface area contributed by atoms with Gasteiger partial charge in [0.25, 0.3) is 0 Å². The van der Waals surface area contributed by atoms with E-state index < -0.39 is 0 Å². The van der Waals surface area contributed by atoms with Crippen molar-refractivity contribution in [1.82, 2.24) is 15.1 Å². The Hall–Kier alpha value is -2.91. The van der Waals surface area contributed by atoms with Gasteiger partial charge in [0.2, 0.25) is 5.91 Å². The zero-order valence-corrected chi connectivity index (χ0v) is 25.5. The van der Waals surface area contributed by atoms with Gasteiger partial charge in [-0.05, 0) is 56.7 Å². The van der Waals surface area contributed by atoms with Gasteiger partial charge in [-0.3, -0.25) is 19.7 Å². The van der Waals surface area contributed by atoms with E-state index in [4.69, 9.17) is 9.47 Å². The Bertz CT molecular complexity index is 1260. The molecule has 3 atom stereocenters. The number of carbonyl (C=O) groups is 2. The fraction of sp³-hybridized carbons (Fsp3) is 0.667. The van der Waals surface area contributed by atoms with Crippen molar-refractivity contribution in [3.8, 4) is 11.1 Å². The van der Waals surface area contributed by atoms with Crippen molar-refractivity contribution < 1.29 is 19.1 Å². The maximum absolute atomic E-state index is 14.2. The highest BCUT2D eigenvalue weighted by molar-refractivity contribution is 6.03. The number of benzene rings is 1. The predicted molar refractivity (Wildman–Crippen MR) is 164 cm³/mol. The van der Waals surface area contributed by atoms with Gasteiger partial charge in [0.1, 0.15) is 12.3 Å². The second-order valence-corrected chi connectivity index (χ2v) is 13.0. The molecular weight excluding hydrogens is 530 g/mol. The molecule has 1 aromatic carbocycles. The molecule has 2 aliphatic carbocycles. The lowest BCUT2D eigenvalue weighted by Gasteiger charge is -2.48. The fourth-order valence-corrected chi connectivity index (χ4v) is 7.52. The molecule has 2 aromatic rings. The van der Waals surface area contributed by atoms with Gasteiger partial charge in [0.05, 0.1) is 29.7 Å². The minimum Gasteiger partial charge on any atom is -0.444 e. The third-order valence-corrected chi connectivity index (χ3v) is 10.0. The predicted octanol–water partition coefficient (Wildman–Crippen LogP) is 6.43. The Morgan fingerprint density at radius 1 is 1.00 bits per heavy atom.